The second-order valence-electron chi connectivity index (χ2n) is 7.75. The maximum atomic E-state index is 12.4. The van der Waals surface area contributed by atoms with Gasteiger partial charge in [0.25, 0.3) is 0 Å². The predicted octanol–water partition coefficient (Wildman–Crippen LogP) is 3.25. The highest BCUT2D eigenvalue weighted by molar-refractivity contribution is 5.95. The largest absolute Gasteiger partial charge is 0.352 e. The zero-order chi connectivity index (χ0) is 21.3. The number of nitrogens with zero attached hydrogens (tertiary/aromatic N) is 1. The number of carbonyl (C=O) groups is 3. The van der Waals surface area contributed by atoms with E-state index in [1.165, 1.54) is 6.92 Å². The molecular weight excluding hydrogens is 378 g/mol. The summed E-state index contributed by atoms with van der Waals surface area (Å²) in [5.74, 6) is 0.113. The van der Waals surface area contributed by atoms with E-state index in [0.29, 0.717) is 30.8 Å². The fourth-order valence-corrected chi connectivity index (χ4v) is 3.62. The maximum absolute atomic E-state index is 12.4. The van der Waals surface area contributed by atoms with Crippen LogP contribution in [-0.2, 0) is 16.1 Å². The third-order valence-electron chi connectivity index (χ3n) is 5.50. The number of hydrogen-bond acceptors (Lipinski definition) is 4. The van der Waals surface area contributed by atoms with Gasteiger partial charge in [0, 0.05) is 36.7 Å². The number of ketones is 1. The summed E-state index contributed by atoms with van der Waals surface area (Å²) >= 11 is 0. The van der Waals surface area contributed by atoms with Gasteiger partial charge in [0.15, 0.2) is 5.78 Å². The van der Waals surface area contributed by atoms with Gasteiger partial charge < -0.3 is 15.5 Å². The van der Waals surface area contributed by atoms with Crippen LogP contribution >= 0.6 is 0 Å². The van der Waals surface area contributed by atoms with Crippen LogP contribution in [0.4, 0.5) is 5.69 Å². The van der Waals surface area contributed by atoms with E-state index < -0.39 is 0 Å². The van der Waals surface area contributed by atoms with Crippen molar-refractivity contribution in [1.29, 1.82) is 0 Å². The van der Waals surface area contributed by atoms with Crippen molar-refractivity contribution in [2.24, 2.45) is 5.92 Å². The molecule has 1 aliphatic heterocycles. The summed E-state index contributed by atoms with van der Waals surface area (Å²) in [6.07, 6.45) is 2.03. The van der Waals surface area contributed by atoms with E-state index in [-0.39, 0.29) is 23.5 Å². The Morgan fingerprint density at radius 1 is 0.967 bits per heavy atom. The van der Waals surface area contributed by atoms with Gasteiger partial charge in [0.1, 0.15) is 0 Å². The molecule has 2 aromatic carbocycles. The van der Waals surface area contributed by atoms with Crippen LogP contribution in [0.5, 0.6) is 0 Å². The maximum Gasteiger partial charge on any atom is 0.225 e. The molecule has 30 heavy (non-hydrogen) atoms. The summed E-state index contributed by atoms with van der Waals surface area (Å²) in [6, 6.07) is 16.8. The van der Waals surface area contributed by atoms with Crippen molar-refractivity contribution >= 4 is 23.3 Å². The summed E-state index contributed by atoms with van der Waals surface area (Å²) < 4.78 is 0. The number of benzene rings is 2. The van der Waals surface area contributed by atoms with E-state index >= 15 is 0 Å². The molecule has 2 N–H and O–H groups in total. The highest BCUT2D eigenvalue weighted by Gasteiger charge is 2.24. The first-order chi connectivity index (χ1) is 14.5. The normalized spacial score (nSPS) is 14.8. The Bertz CT molecular complexity index is 857. The Morgan fingerprint density at radius 3 is 2.27 bits per heavy atom. The Hall–Kier alpha value is -2.99. The van der Waals surface area contributed by atoms with E-state index in [1.807, 2.05) is 30.3 Å². The van der Waals surface area contributed by atoms with Crippen molar-refractivity contribution < 1.29 is 14.4 Å². The first-order valence-corrected chi connectivity index (χ1v) is 10.5. The number of Topliss-reactive ketones (excluding diaryl/α,β-unsaturated/α-hetero) is 1. The lowest BCUT2D eigenvalue weighted by Gasteiger charge is -2.31. The lowest BCUT2D eigenvalue weighted by molar-refractivity contribution is -0.126. The topological polar surface area (TPSA) is 78.5 Å². The van der Waals surface area contributed by atoms with Crippen molar-refractivity contribution in [3.63, 3.8) is 0 Å². The molecule has 6 heteroatoms. The van der Waals surface area contributed by atoms with Crippen LogP contribution in [-0.4, -0.2) is 42.1 Å². The van der Waals surface area contributed by atoms with Crippen molar-refractivity contribution in [3.05, 3.63) is 65.7 Å². The van der Waals surface area contributed by atoms with E-state index in [2.05, 4.69) is 15.5 Å². The molecule has 0 spiro atoms. The summed E-state index contributed by atoms with van der Waals surface area (Å²) in [6.45, 7) is 4.40. The van der Waals surface area contributed by atoms with Crippen molar-refractivity contribution in [1.82, 2.24) is 10.2 Å². The molecule has 0 unspecified atom stereocenters. The SMILES string of the molecule is CC(=O)c1ccc(NC(=O)CCN2CCC(C(=O)NCc3ccccc3)CC2)cc1. The lowest BCUT2D eigenvalue weighted by atomic mass is 9.95. The van der Waals surface area contributed by atoms with Gasteiger partial charge in [-0.15, -0.1) is 0 Å². The molecule has 158 valence electrons. The minimum atomic E-state index is -0.0479. The number of hydrogen-bond donors (Lipinski definition) is 2. The number of carbonyl (C=O) groups excluding carboxylic acids is 3. The van der Waals surface area contributed by atoms with Crippen LogP contribution in [0, 0.1) is 5.92 Å². The molecule has 0 aliphatic carbocycles. The minimum absolute atomic E-state index is 0.00465. The van der Waals surface area contributed by atoms with Crippen molar-refractivity contribution in [2.75, 3.05) is 25.0 Å². The zero-order valence-electron chi connectivity index (χ0n) is 17.4. The first-order valence-electron chi connectivity index (χ1n) is 10.5. The molecule has 0 saturated carbocycles. The van der Waals surface area contributed by atoms with Crippen LogP contribution < -0.4 is 10.6 Å². The molecule has 6 nitrogen and oxygen atoms in total. The molecule has 0 radical (unpaired) electrons. The van der Waals surface area contributed by atoms with Gasteiger partial charge in [0.05, 0.1) is 0 Å². The second-order valence-corrected chi connectivity index (χ2v) is 7.75. The smallest absolute Gasteiger partial charge is 0.225 e. The van der Waals surface area contributed by atoms with Crippen LogP contribution in [0.2, 0.25) is 0 Å². The number of amides is 2. The molecule has 3 rings (SSSR count). The van der Waals surface area contributed by atoms with Gasteiger partial charge in [-0.3, -0.25) is 14.4 Å². The van der Waals surface area contributed by atoms with Crippen molar-refractivity contribution in [3.8, 4) is 0 Å². The fraction of sp³-hybridized carbons (Fsp3) is 0.375. The summed E-state index contributed by atoms with van der Waals surface area (Å²) in [5, 5.41) is 5.90. The Balaban J connectivity index is 1.34. The first kappa shape index (κ1) is 21.7. The monoisotopic (exact) mass is 407 g/mol. The van der Waals surface area contributed by atoms with Gasteiger partial charge >= 0.3 is 0 Å². The number of piperidine rings is 1. The highest BCUT2D eigenvalue weighted by atomic mass is 16.2. The Labute approximate surface area is 177 Å². The third-order valence-corrected chi connectivity index (χ3v) is 5.50. The van der Waals surface area contributed by atoms with Gasteiger partial charge in [-0.2, -0.15) is 0 Å². The standard InChI is InChI=1S/C24H29N3O3/c1-18(28)20-7-9-22(10-8-20)26-23(29)13-16-27-14-11-21(12-15-27)24(30)25-17-19-5-3-2-4-6-19/h2-10,21H,11-17H2,1H3,(H,25,30)(H,26,29). The molecule has 0 atom stereocenters. The van der Waals surface area contributed by atoms with Crippen LogP contribution in [0.15, 0.2) is 54.6 Å². The third kappa shape index (κ3) is 6.52. The summed E-state index contributed by atoms with van der Waals surface area (Å²) in [5.41, 5.74) is 2.42. The van der Waals surface area contributed by atoms with Crippen molar-refractivity contribution in [2.45, 2.75) is 32.7 Å². The van der Waals surface area contributed by atoms with Gasteiger partial charge in [-0.1, -0.05) is 30.3 Å². The van der Waals surface area contributed by atoms with Gasteiger partial charge in [-0.05, 0) is 62.7 Å². The van der Waals surface area contributed by atoms with Gasteiger partial charge in [-0.25, -0.2) is 0 Å². The highest BCUT2D eigenvalue weighted by Crippen LogP contribution is 2.18. The van der Waals surface area contributed by atoms with E-state index in [4.69, 9.17) is 0 Å². The van der Waals surface area contributed by atoms with E-state index in [1.54, 1.807) is 24.3 Å². The summed E-state index contributed by atoms with van der Waals surface area (Å²) in [7, 11) is 0. The summed E-state index contributed by atoms with van der Waals surface area (Å²) in [4.78, 5) is 38.1. The number of nitrogens with one attached hydrogen (secondary N) is 2. The van der Waals surface area contributed by atoms with E-state index in [9.17, 15) is 14.4 Å². The molecule has 1 aliphatic rings. The molecule has 2 aromatic rings. The number of rotatable bonds is 8. The lowest BCUT2D eigenvalue weighted by Crippen LogP contribution is -2.41. The quantitative estimate of drug-likeness (QED) is 0.659. The predicted molar refractivity (Wildman–Crippen MR) is 117 cm³/mol. The zero-order valence-corrected chi connectivity index (χ0v) is 17.4. The molecule has 2 amide bonds. The number of likely N-dealkylation sites (tertiary alicyclic amines) is 1. The molecular formula is C24H29N3O3. The molecule has 0 aromatic heterocycles. The molecule has 0 bridgehead atoms. The van der Waals surface area contributed by atoms with Crippen LogP contribution in [0.1, 0.15) is 42.1 Å². The Kier molecular flexibility index (Phi) is 7.74. The second kappa shape index (κ2) is 10.7. The molecule has 1 saturated heterocycles. The average Bonchev–Trinajstić information content (AvgIpc) is 2.77. The molecule has 1 heterocycles. The minimum Gasteiger partial charge on any atom is -0.352 e. The average molecular weight is 408 g/mol. The van der Waals surface area contributed by atoms with Gasteiger partial charge in [0.2, 0.25) is 11.8 Å². The molecule has 1 fully saturated rings. The Morgan fingerprint density at radius 2 is 1.63 bits per heavy atom. The number of anilines is 1. The van der Waals surface area contributed by atoms with E-state index in [0.717, 1.165) is 31.5 Å². The van der Waals surface area contributed by atoms with Crippen LogP contribution in [0.3, 0.4) is 0 Å². The van der Waals surface area contributed by atoms with Crippen LogP contribution in [0.25, 0.3) is 0 Å². The fourth-order valence-electron chi connectivity index (χ4n) is 3.62.